The van der Waals surface area contributed by atoms with Gasteiger partial charge in [0, 0.05) is 5.41 Å². The number of ether oxygens (including phenoxy) is 1. The van der Waals surface area contributed by atoms with Crippen LogP contribution in [0.15, 0.2) is 0 Å². The summed E-state index contributed by atoms with van der Waals surface area (Å²) in [6.07, 6.45) is -0.360. The van der Waals surface area contributed by atoms with Crippen molar-refractivity contribution in [2.45, 2.75) is 19.4 Å². The molecule has 0 aromatic heterocycles. The fourth-order valence-corrected chi connectivity index (χ4v) is 0.543. The molecule has 0 aromatic carbocycles. The van der Waals surface area contributed by atoms with Crippen molar-refractivity contribution in [3.05, 3.63) is 0 Å². The fourth-order valence-electron chi connectivity index (χ4n) is 0.543. The predicted molar refractivity (Wildman–Crippen MR) is 65.0 cm³/mol. The highest BCUT2D eigenvalue weighted by Gasteiger charge is 2.24. The predicted octanol–water partition coefficient (Wildman–Crippen LogP) is -2.29. The van der Waals surface area contributed by atoms with Gasteiger partial charge in [0.25, 0.3) is 0 Å². The molecule has 0 aliphatic carbocycles. The molecule has 1 fully saturated rings. The Morgan fingerprint density at radius 1 is 0.944 bits per heavy atom. The zero-order valence-electron chi connectivity index (χ0n) is 10.8. The molecule has 0 spiro atoms. The third-order valence-electron chi connectivity index (χ3n) is 2.38. The molecule has 0 amide bonds. The first-order valence-corrected chi connectivity index (χ1v) is 5.85. The molecule has 0 bridgehead atoms. The van der Waals surface area contributed by atoms with Crippen LogP contribution in [0.2, 0.25) is 0 Å². The van der Waals surface area contributed by atoms with Crippen molar-refractivity contribution in [1.82, 2.24) is 0 Å². The Balaban J connectivity index is 0. The molecule has 0 atom stereocenters. The average molecular weight is 270 g/mol. The Labute approximate surface area is 107 Å². The van der Waals surface area contributed by atoms with Crippen LogP contribution < -0.4 is 0 Å². The lowest BCUT2D eigenvalue weighted by molar-refractivity contribution is 0.00304. The zero-order valence-corrected chi connectivity index (χ0v) is 10.8. The number of aliphatic hydroxyl groups is 6. The Kier molecular flexibility index (Phi) is 14.7. The summed E-state index contributed by atoms with van der Waals surface area (Å²) in [5.74, 6) is 0. The van der Waals surface area contributed by atoms with Gasteiger partial charge in [-0.15, -0.1) is 0 Å². The summed E-state index contributed by atoms with van der Waals surface area (Å²) < 4.78 is 4.50. The standard InChI is InChI=1S/C6H14O3.C3H8O3.C2H4O/c1-2-6(3-7,4-8)5-9;4-1-3(6)2-5;1-2-3-1/h7-9H,2-5H2,1H3;3-6H,1-2H2;1-2H2. The van der Waals surface area contributed by atoms with E-state index >= 15 is 0 Å². The highest BCUT2D eigenvalue weighted by atomic mass is 16.6. The normalized spacial score (nSPS) is 13.3. The van der Waals surface area contributed by atoms with Crippen molar-refractivity contribution in [2.75, 3.05) is 46.2 Å². The number of rotatable bonds is 6. The molecule has 7 nitrogen and oxygen atoms in total. The van der Waals surface area contributed by atoms with Gasteiger partial charge < -0.3 is 35.4 Å². The van der Waals surface area contributed by atoms with Crippen LogP contribution in [-0.2, 0) is 4.74 Å². The largest absolute Gasteiger partial charge is 0.396 e. The maximum Gasteiger partial charge on any atom is 0.100 e. The van der Waals surface area contributed by atoms with Crippen molar-refractivity contribution >= 4 is 0 Å². The monoisotopic (exact) mass is 270 g/mol. The van der Waals surface area contributed by atoms with Crippen LogP contribution in [-0.4, -0.2) is 83.0 Å². The van der Waals surface area contributed by atoms with Gasteiger partial charge in [0.2, 0.25) is 0 Å². The summed E-state index contributed by atoms with van der Waals surface area (Å²) in [5.41, 5.74) is -0.667. The minimum Gasteiger partial charge on any atom is -0.396 e. The SMILES string of the molecule is C1CO1.CCC(CO)(CO)CO.OCC(O)CO. The van der Waals surface area contributed by atoms with Crippen molar-refractivity contribution in [3.63, 3.8) is 0 Å². The van der Waals surface area contributed by atoms with Crippen LogP contribution in [0.25, 0.3) is 0 Å². The summed E-state index contributed by atoms with van der Waals surface area (Å²) in [6, 6.07) is 0. The molecule has 1 aliphatic heterocycles. The number of epoxide rings is 1. The van der Waals surface area contributed by atoms with Crippen molar-refractivity contribution in [3.8, 4) is 0 Å². The van der Waals surface area contributed by atoms with Crippen LogP contribution in [0.3, 0.4) is 0 Å². The van der Waals surface area contributed by atoms with E-state index in [1.54, 1.807) is 0 Å². The Bertz CT molecular complexity index is 135. The molecule has 112 valence electrons. The van der Waals surface area contributed by atoms with Crippen molar-refractivity contribution in [2.24, 2.45) is 5.41 Å². The molecule has 1 saturated heterocycles. The van der Waals surface area contributed by atoms with E-state index in [9.17, 15) is 0 Å². The quantitative estimate of drug-likeness (QED) is 0.299. The summed E-state index contributed by atoms with van der Waals surface area (Å²) in [5, 5.41) is 50.0. The summed E-state index contributed by atoms with van der Waals surface area (Å²) in [4.78, 5) is 0. The van der Waals surface area contributed by atoms with E-state index in [1.807, 2.05) is 6.92 Å². The van der Waals surface area contributed by atoms with E-state index in [2.05, 4.69) is 4.74 Å². The Hall–Kier alpha value is -0.280. The highest BCUT2D eigenvalue weighted by Crippen LogP contribution is 2.18. The molecule has 0 aromatic rings. The van der Waals surface area contributed by atoms with Crippen LogP contribution >= 0.6 is 0 Å². The van der Waals surface area contributed by atoms with Crippen LogP contribution in [0, 0.1) is 5.41 Å². The lowest BCUT2D eigenvalue weighted by Gasteiger charge is -2.24. The van der Waals surface area contributed by atoms with Crippen molar-refractivity contribution < 1.29 is 35.4 Å². The van der Waals surface area contributed by atoms with Gasteiger partial charge in [0.05, 0.1) is 46.2 Å². The van der Waals surface area contributed by atoms with E-state index in [1.165, 1.54) is 0 Å². The van der Waals surface area contributed by atoms with Gasteiger partial charge in [-0.25, -0.2) is 0 Å². The topological polar surface area (TPSA) is 134 Å². The second-order valence-corrected chi connectivity index (χ2v) is 3.96. The number of hydrogen-bond acceptors (Lipinski definition) is 7. The van der Waals surface area contributed by atoms with Gasteiger partial charge in [0.1, 0.15) is 6.10 Å². The van der Waals surface area contributed by atoms with Gasteiger partial charge in [-0.1, -0.05) is 6.92 Å². The molecular formula is C11H26O7. The molecule has 6 N–H and O–H groups in total. The first-order valence-electron chi connectivity index (χ1n) is 5.85. The lowest BCUT2D eigenvalue weighted by atomic mass is 9.88. The van der Waals surface area contributed by atoms with Gasteiger partial charge in [-0.05, 0) is 6.42 Å². The van der Waals surface area contributed by atoms with Gasteiger partial charge in [-0.2, -0.15) is 0 Å². The third-order valence-corrected chi connectivity index (χ3v) is 2.38. The molecular weight excluding hydrogens is 244 g/mol. The molecule has 0 radical (unpaired) electrons. The van der Waals surface area contributed by atoms with Gasteiger partial charge in [-0.3, -0.25) is 0 Å². The van der Waals surface area contributed by atoms with E-state index in [4.69, 9.17) is 30.6 Å². The molecule has 0 unspecified atom stereocenters. The number of hydrogen-bond donors (Lipinski definition) is 6. The molecule has 1 aliphatic rings. The molecule has 7 heteroatoms. The smallest absolute Gasteiger partial charge is 0.100 e. The minimum absolute atomic E-state index is 0.156. The first-order chi connectivity index (χ1) is 8.55. The molecule has 18 heavy (non-hydrogen) atoms. The third kappa shape index (κ3) is 12.2. The zero-order chi connectivity index (χ0) is 14.4. The van der Waals surface area contributed by atoms with Crippen LogP contribution in [0.1, 0.15) is 13.3 Å². The molecule has 0 saturated carbocycles. The van der Waals surface area contributed by atoms with Gasteiger partial charge in [0.15, 0.2) is 0 Å². The highest BCUT2D eigenvalue weighted by molar-refractivity contribution is 4.74. The fraction of sp³-hybridized carbons (Fsp3) is 1.00. The molecule has 1 heterocycles. The Morgan fingerprint density at radius 2 is 1.28 bits per heavy atom. The minimum atomic E-state index is -0.954. The number of aliphatic hydroxyl groups excluding tert-OH is 6. The first kappa shape index (κ1) is 20.0. The average Bonchev–Trinajstić information content (AvgIpc) is 3.30. The molecule has 1 rings (SSSR count). The van der Waals surface area contributed by atoms with E-state index < -0.39 is 11.5 Å². The maximum absolute atomic E-state index is 8.66. The van der Waals surface area contributed by atoms with Crippen molar-refractivity contribution in [1.29, 1.82) is 0 Å². The maximum atomic E-state index is 8.66. The van der Waals surface area contributed by atoms with E-state index in [-0.39, 0.29) is 33.0 Å². The van der Waals surface area contributed by atoms with E-state index in [0.29, 0.717) is 6.42 Å². The second kappa shape index (κ2) is 13.2. The van der Waals surface area contributed by atoms with E-state index in [0.717, 1.165) is 13.2 Å². The lowest BCUT2D eigenvalue weighted by Crippen LogP contribution is -2.32. The summed E-state index contributed by atoms with van der Waals surface area (Å²) >= 11 is 0. The second-order valence-electron chi connectivity index (χ2n) is 3.96. The Morgan fingerprint density at radius 3 is 1.28 bits per heavy atom. The van der Waals surface area contributed by atoms with Crippen LogP contribution in [0.4, 0.5) is 0 Å². The van der Waals surface area contributed by atoms with Gasteiger partial charge >= 0.3 is 0 Å². The summed E-state index contributed by atoms with van der Waals surface area (Å²) in [6.45, 7) is 2.62. The van der Waals surface area contributed by atoms with Crippen LogP contribution in [0.5, 0.6) is 0 Å². The summed E-state index contributed by atoms with van der Waals surface area (Å²) in [7, 11) is 0.